The fourth-order valence-corrected chi connectivity index (χ4v) is 2.53. The predicted octanol–water partition coefficient (Wildman–Crippen LogP) is 0.515. The van der Waals surface area contributed by atoms with Crippen LogP contribution in [0.2, 0.25) is 0 Å². The number of rotatable bonds is 3. The lowest BCUT2D eigenvalue weighted by Gasteiger charge is -2.39. The summed E-state index contributed by atoms with van der Waals surface area (Å²) in [5, 5.41) is 4.10. The Kier molecular flexibility index (Phi) is 4.01. The van der Waals surface area contributed by atoms with Crippen molar-refractivity contribution in [3.63, 3.8) is 0 Å². The van der Waals surface area contributed by atoms with Crippen molar-refractivity contribution in [3.05, 3.63) is 18.0 Å². The minimum atomic E-state index is 0.225. The molecule has 1 aliphatic rings. The van der Waals surface area contributed by atoms with Gasteiger partial charge in [-0.15, -0.1) is 0 Å². The molecular weight excluding hydrogens is 228 g/mol. The summed E-state index contributed by atoms with van der Waals surface area (Å²) in [6.45, 7) is 4.94. The Balaban J connectivity index is 1.99. The molecule has 0 aliphatic carbocycles. The number of carbonyl (C=O) groups is 1. The van der Waals surface area contributed by atoms with Gasteiger partial charge in [0, 0.05) is 38.9 Å². The summed E-state index contributed by atoms with van der Waals surface area (Å²) in [7, 11) is 3.99. The molecule has 1 aromatic heterocycles. The van der Waals surface area contributed by atoms with Crippen molar-refractivity contribution < 1.29 is 4.79 Å². The Bertz CT molecular complexity index is 415. The SMILES string of the molecule is CCC1CN(C)CCN1C(=O)Cc1cnn(C)c1. The van der Waals surface area contributed by atoms with Crippen LogP contribution in [0.3, 0.4) is 0 Å². The number of carbonyl (C=O) groups excluding carboxylic acids is 1. The molecule has 0 bridgehead atoms. The summed E-state index contributed by atoms with van der Waals surface area (Å²) in [4.78, 5) is 16.7. The van der Waals surface area contributed by atoms with E-state index in [1.165, 1.54) is 0 Å². The van der Waals surface area contributed by atoms with E-state index in [0.29, 0.717) is 12.5 Å². The predicted molar refractivity (Wildman–Crippen MR) is 70.2 cm³/mol. The zero-order chi connectivity index (χ0) is 13.1. The molecule has 0 aromatic carbocycles. The second-order valence-corrected chi connectivity index (χ2v) is 5.11. The van der Waals surface area contributed by atoms with Crippen LogP contribution < -0.4 is 0 Å². The Labute approximate surface area is 108 Å². The largest absolute Gasteiger partial charge is 0.337 e. The molecule has 5 heteroatoms. The maximum absolute atomic E-state index is 12.3. The van der Waals surface area contributed by atoms with Gasteiger partial charge in [0.25, 0.3) is 0 Å². The van der Waals surface area contributed by atoms with Crippen LogP contribution in [0, 0.1) is 0 Å². The number of piperazine rings is 1. The second kappa shape index (κ2) is 5.52. The van der Waals surface area contributed by atoms with Gasteiger partial charge in [-0.3, -0.25) is 9.48 Å². The Hall–Kier alpha value is -1.36. The lowest BCUT2D eigenvalue weighted by atomic mass is 10.1. The van der Waals surface area contributed by atoms with Gasteiger partial charge in [0.05, 0.1) is 12.6 Å². The van der Waals surface area contributed by atoms with Crippen LogP contribution in [0.4, 0.5) is 0 Å². The van der Waals surface area contributed by atoms with Gasteiger partial charge in [0.15, 0.2) is 0 Å². The van der Waals surface area contributed by atoms with E-state index < -0.39 is 0 Å². The highest BCUT2D eigenvalue weighted by Crippen LogP contribution is 2.13. The van der Waals surface area contributed by atoms with Gasteiger partial charge < -0.3 is 9.80 Å². The summed E-state index contributed by atoms with van der Waals surface area (Å²) in [6, 6.07) is 0.355. The molecule has 5 nitrogen and oxygen atoms in total. The van der Waals surface area contributed by atoms with E-state index >= 15 is 0 Å². The third kappa shape index (κ3) is 2.90. The molecule has 2 rings (SSSR count). The third-order valence-electron chi connectivity index (χ3n) is 3.59. The first-order chi connectivity index (χ1) is 8.60. The third-order valence-corrected chi connectivity index (χ3v) is 3.59. The molecular formula is C13H22N4O. The molecule has 0 N–H and O–H groups in total. The zero-order valence-corrected chi connectivity index (χ0v) is 11.5. The molecule has 0 radical (unpaired) electrons. The van der Waals surface area contributed by atoms with E-state index in [1.807, 2.05) is 18.1 Å². The van der Waals surface area contributed by atoms with Gasteiger partial charge in [-0.2, -0.15) is 5.10 Å². The summed E-state index contributed by atoms with van der Waals surface area (Å²) in [5.41, 5.74) is 0.997. The highest BCUT2D eigenvalue weighted by molar-refractivity contribution is 5.79. The molecule has 1 aromatic rings. The molecule has 1 aliphatic heterocycles. The number of likely N-dealkylation sites (N-methyl/N-ethyl adjacent to an activating group) is 1. The number of hydrogen-bond donors (Lipinski definition) is 0. The fourth-order valence-electron chi connectivity index (χ4n) is 2.53. The van der Waals surface area contributed by atoms with Gasteiger partial charge in [-0.05, 0) is 19.0 Å². The lowest BCUT2D eigenvalue weighted by Crippen LogP contribution is -2.54. The molecule has 1 amide bonds. The van der Waals surface area contributed by atoms with E-state index in [-0.39, 0.29) is 5.91 Å². The van der Waals surface area contributed by atoms with Crippen molar-refractivity contribution in [3.8, 4) is 0 Å². The van der Waals surface area contributed by atoms with Crippen molar-refractivity contribution >= 4 is 5.91 Å². The molecule has 1 atom stereocenters. The smallest absolute Gasteiger partial charge is 0.227 e. The van der Waals surface area contributed by atoms with Gasteiger partial charge in [0.1, 0.15) is 0 Å². The van der Waals surface area contributed by atoms with Crippen molar-refractivity contribution in [2.45, 2.75) is 25.8 Å². The van der Waals surface area contributed by atoms with Crippen molar-refractivity contribution in [1.82, 2.24) is 19.6 Å². The Morgan fingerprint density at radius 1 is 1.44 bits per heavy atom. The molecule has 1 fully saturated rings. The normalized spacial score (nSPS) is 21.3. The van der Waals surface area contributed by atoms with E-state index in [2.05, 4.69) is 24.0 Å². The number of aromatic nitrogens is 2. The first-order valence-electron chi connectivity index (χ1n) is 6.55. The van der Waals surface area contributed by atoms with Crippen LogP contribution in [0.1, 0.15) is 18.9 Å². The molecule has 1 unspecified atom stereocenters. The highest BCUT2D eigenvalue weighted by Gasteiger charge is 2.27. The monoisotopic (exact) mass is 250 g/mol. The topological polar surface area (TPSA) is 41.4 Å². The van der Waals surface area contributed by atoms with Crippen molar-refractivity contribution in [1.29, 1.82) is 0 Å². The van der Waals surface area contributed by atoms with Crippen LogP contribution in [-0.2, 0) is 18.3 Å². The average molecular weight is 250 g/mol. The zero-order valence-electron chi connectivity index (χ0n) is 11.5. The van der Waals surface area contributed by atoms with E-state index in [4.69, 9.17) is 0 Å². The Morgan fingerprint density at radius 2 is 2.22 bits per heavy atom. The van der Waals surface area contributed by atoms with Gasteiger partial charge in [-0.1, -0.05) is 6.92 Å². The second-order valence-electron chi connectivity index (χ2n) is 5.11. The fraction of sp³-hybridized carbons (Fsp3) is 0.692. The quantitative estimate of drug-likeness (QED) is 0.785. The minimum absolute atomic E-state index is 0.225. The Morgan fingerprint density at radius 3 is 2.83 bits per heavy atom. The maximum atomic E-state index is 12.3. The molecule has 0 spiro atoms. The summed E-state index contributed by atoms with van der Waals surface area (Å²) in [5.74, 6) is 0.225. The molecule has 18 heavy (non-hydrogen) atoms. The lowest BCUT2D eigenvalue weighted by molar-refractivity contribution is -0.135. The molecule has 2 heterocycles. The first-order valence-corrected chi connectivity index (χ1v) is 6.55. The molecule has 100 valence electrons. The van der Waals surface area contributed by atoms with Gasteiger partial charge in [0.2, 0.25) is 5.91 Å². The molecule has 0 saturated carbocycles. The first kappa shape index (κ1) is 13.1. The summed E-state index contributed by atoms with van der Waals surface area (Å²) in [6.07, 6.45) is 5.17. The van der Waals surface area contributed by atoms with Gasteiger partial charge >= 0.3 is 0 Å². The minimum Gasteiger partial charge on any atom is -0.337 e. The van der Waals surface area contributed by atoms with Crippen LogP contribution in [-0.4, -0.2) is 58.2 Å². The maximum Gasteiger partial charge on any atom is 0.227 e. The standard InChI is InChI=1S/C13H22N4O/c1-4-12-10-15(2)5-6-17(12)13(18)7-11-8-14-16(3)9-11/h8-9,12H,4-7,10H2,1-3H3. The average Bonchev–Trinajstić information content (AvgIpc) is 2.74. The number of amides is 1. The molecule has 1 saturated heterocycles. The van der Waals surface area contributed by atoms with Crippen LogP contribution in [0.15, 0.2) is 12.4 Å². The number of nitrogens with zero attached hydrogens (tertiary/aromatic N) is 4. The van der Waals surface area contributed by atoms with E-state index in [0.717, 1.165) is 31.6 Å². The number of hydrogen-bond acceptors (Lipinski definition) is 3. The van der Waals surface area contributed by atoms with Crippen LogP contribution in [0.5, 0.6) is 0 Å². The van der Waals surface area contributed by atoms with E-state index in [1.54, 1.807) is 10.9 Å². The van der Waals surface area contributed by atoms with E-state index in [9.17, 15) is 4.79 Å². The van der Waals surface area contributed by atoms with Gasteiger partial charge in [-0.25, -0.2) is 0 Å². The van der Waals surface area contributed by atoms with Crippen LogP contribution >= 0.6 is 0 Å². The van der Waals surface area contributed by atoms with Crippen molar-refractivity contribution in [2.75, 3.05) is 26.7 Å². The number of aryl methyl sites for hydroxylation is 1. The van der Waals surface area contributed by atoms with Crippen molar-refractivity contribution in [2.24, 2.45) is 7.05 Å². The van der Waals surface area contributed by atoms with Crippen LogP contribution in [0.25, 0.3) is 0 Å². The summed E-state index contributed by atoms with van der Waals surface area (Å²) >= 11 is 0. The highest BCUT2D eigenvalue weighted by atomic mass is 16.2. The summed E-state index contributed by atoms with van der Waals surface area (Å²) < 4.78 is 1.74.